The van der Waals surface area contributed by atoms with Gasteiger partial charge in [-0.2, -0.15) is 0 Å². The molecule has 0 amide bonds. The smallest absolute Gasteiger partial charge is 0.214 e. The summed E-state index contributed by atoms with van der Waals surface area (Å²) < 4.78 is 45.8. The van der Waals surface area contributed by atoms with E-state index < -0.39 is 33.4 Å². The van der Waals surface area contributed by atoms with Crippen LogP contribution in [0.2, 0.25) is 5.02 Å². The first kappa shape index (κ1) is 19.3. The fraction of sp³-hybridized carbons (Fsp3) is 0.562. The van der Waals surface area contributed by atoms with Crippen LogP contribution in [0.1, 0.15) is 48.0 Å². The highest BCUT2D eigenvalue weighted by atomic mass is 35.5. The Hall–Kier alpha value is -1.02. The zero-order valence-corrected chi connectivity index (χ0v) is 15.1. The molecule has 0 aromatic heterocycles. The molecule has 1 aliphatic rings. The van der Waals surface area contributed by atoms with Crippen molar-refractivity contribution in [3.8, 4) is 0 Å². The van der Waals surface area contributed by atoms with Crippen molar-refractivity contribution >= 4 is 27.4 Å². The van der Waals surface area contributed by atoms with Crippen molar-refractivity contribution in [2.24, 2.45) is 0 Å². The van der Waals surface area contributed by atoms with Crippen LogP contribution in [0.15, 0.2) is 12.1 Å². The van der Waals surface area contributed by atoms with Crippen LogP contribution in [0.25, 0.3) is 0 Å². The van der Waals surface area contributed by atoms with Gasteiger partial charge >= 0.3 is 0 Å². The number of carbonyl (C=O) groups is 1. The number of hydrogen-bond donors (Lipinski definition) is 1. The number of Topliss-reactive ketones (excluding diaryl/α,β-unsaturated/α-hetero) is 1. The number of rotatable bonds is 7. The maximum Gasteiger partial charge on any atom is 0.214 e. The lowest BCUT2D eigenvalue weighted by Crippen LogP contribution is -2.38. The fourth-order valence-electron chi connectivity index (χ4n) is 2.85. The van der Waals surface area contributed by atoms with Crippen LogP contribution in [0.5, 0.6) is 0 Å². The minimum Gasteiger partial charge on any atom is -0.380 e. The zero-order valence-electron chi connectivity index (χ0n) is 13.5. The van der Waals surface area contributed by atoms with E-state index in [1.165, 1.54) is 19.2 Å². The number of ketones is 1. The molecule has 0 spiro atoms. The lowest BCUT2D eigenvalue weighted by Gasteiger charge is -2.21. The van der Waals surface area contributed by atoms with E-state index in [1.54, 1.807) is 0 Å². The Balaban J connectivity index is 2.09. The third-order valence-corrected chi connectivity index (χ3v) is 6.30. The molecule has 0 saturated heterocycles. The van der Waals surface area contributed by atoms with E-state index in [2.05, 4.69) is 4.72 Å². The van der Waals surface area contributed by atoms with E-state index in [4.69, 9.17) is 16.3 Å². The minimum absolute atomic E-state index is 0.175. The highest BCUT2D eigenvalue weighted by Gasteiger charge is 2.28. The van der Waals surface area contributed by atoms with E-state index in [-0.39, 0.29) is 17.2 Å². The number of ether oxygens (including phenoxy) is 1. The summed E-state index contributed by atoms with van der Waals surface area (Å²) in [6.45, 7) is -0.309. The van der Waals surface area contributed by atoms with Crippen molar-refractivity contribution in [3.05, 3.63) is 34.1 Å². The maximum absolute atomic E-state index is 14.1. The summed E-state index contributed by atoms with van der Waals surface area (Å²) in [5.41, 5.74) is 0.309. The second-order valence-electron chi connectivity index (χ2n) is 5.92. The van der Waals surface area contributed by atoms with E-state index in [0.717, 1.165) is 19.3 Å². The Labute approximate surface area is 146 Å². The Bertz CT molecular complexity index is 702. The van der Waals surface area contributed by atoms with Crippen molar-refractivity contribution in [2.75, 3.05) is 13.7 Å². The number of carbonyl (C=O) groups excluding carboxylic acids is 1. The summed E-state index contributed by atoms with van der Waals surface area (Å²) in [4.78, 5) is 12.2. The minimum atomic E-state index is -3.58. The van der Waals surface area contributed by atoms with Crippen LogP contribution in [-0.4, -0.2) is 33.1 Å². The number of sulfonamides is 1. The molecule has 0 bridgehead atoms. The standard InChI is InChI=1S/C16H21ClFNO4S/c1-23-10-11-7-13(16(18)14(17)8-11)15(20)9-19-24(21,22)12-5-3-2-4-6-12/h7-8,12,19H,2-6,9-10H2,1H3. The molecule has 0 aliphatic heterocycles. The molecule has 0 radical (unpaired) electrons. The molecule has 1 aromatic rings. The Morgan fingerprint density at radius 3 is 2.62 bits per heavy atom. The molecule has 1 aliphatic carbocycles. The van der Waals surface area contributed by atoms with Crippen LogP contribution >= 0.6 is 11.6 Å². The van der Waals surface area contributed by atoms with Gasteiger partial charge in [0.1, 0.15) is 0 Å². The van der Waals surface area contributed by atoms with Gasteiger partial charge in [-0.1, -0.05) is 30.9 Å². The van der Waals surface area contributed by atoms with Gasteiger partial charge in [-0.05, 0) is 30.5 Å². The van der Waals surface area contributed by atoms with Gasteiger partial charge in [0.05, 0.1) is 29.0 Å². The largest absolute Gasteiger partial charge is 0.380 e. The van der Waals surface area contributed by atoms with Gasteiger partial charge in [0, 0.05) is 7.11 Å². The van der Waals surface area contributed by atoms with E-state index in [0.29, 0.717) is 18.4 Å². The average Bonchev–Trinajstić information content (AvgIpc) is 2.57. The monoisotopic (exact) mass is 377 g/mol. The van der Waals surface area contributed by atoms with Crippen LogP contribution in [-0.2, 0) is 21.4 Å². The molecular formula is C16H21ClFNO4S. The first-order chi connectivity index (χ1) is 11.3. The molecule has 5 nitrogen and oxygen atoms in total. The second kappa shape index (κ2) is 8.38. The lowest BCUT2D eigenvalue weighted by molar-refractivity contribution is 0.0992. The van der Waals surface area contributed by atoms with Gasteiger partial charge in [0.2, 0.25) is 10.0 Å². The van der Waals surface area contributed by atoms with Gasteiger partial charge in [0.25, 0.3) is 0 Å². The van der Waals surface area contributed by atoms with Crippen LogP contribution in [0.3, 0.4) is 0 Å². The number of methoxy groups -OCH3 is 1. The number of halogens is 2. The van der Waals surface area contributed by atoms with Crippen molar-refractivity contribution in [3.63, 3.8) is 0 Å². The third kappa shape index (κ3) is 4.75. The Morgan fingerprint density at radius 1 is 1.33 bits per heavy atom. The zero-order chi connectivity index (χ0) is 17.7. The van der Waals surface area contributed by atoms with E-state index >= 15 is 0 Å². The van der Waals surface area contributed by atoms with Crippen LogP contribution in [0, 0.1) is 5.82 Å². The molecule has 0 unspecified atom stereocenters. The average molecular weight is 378 g/mol. The molecule has 1 fully saturated rings. The molecule has 1 N–H and O–H groups in total. The number of hydrogen-bond acceptors (Lipinski definition) is 4. The van der Waals surface area contributed by atoms with Crippen molar-refractivity contribution < 1.29 is 22.3 Å². The first-order valence-corrected chi connectivity index (χ1v) is 9.76. The number of nitrogens with one attached hydrogen (secondary N) is 1. The van der Waals surface area contributed by atoms with Crippen LogP contribution in [0.4, 0.5) is 4.39 Å². The quantitative estimate of drug-likeness (QED) is 0.741. The van der Waals surface area contributed by atoms with Crippen molar-refractivity contribution in [2.45, 2.75) is 44.0 Å². The molecule has 2 rings (SSSR count). The van der Waals surface area contributed by atoms with Gasteiger partial charge < -0.3 is 4.74 Å². The Kier molecular flexibility index (Phi) is 6.74. The molecule has 134 valence electrons. The lowest BCUT2D eigenvalue weighted by atomic mass is 10.0. The highest BCUT2D eigenvalue weighted by molar-refractivity contribution is 7.90. The van der Waals surface area contributed by atoms with E-state index in [1.807, 2.05) is 0 Å². The molecule has 24 heavy (non-hydrogen) atoms. The SMILES string of the molecule is COCc1cc(Cl)c(F)c(C(=O)CNS(=O)(=O)C2CCCCC2)c1. The van der Waals surface area contributed by atoms with Crippen molar-refractivity contribution in [1.82, 2.24) is 4.72 Å². The normalized spacial score (nSPS) is 16.3. The summed E-state index contributed by atoms with van der Waals surface area (Å²) in [7, 11) is -2.11. The molecular weight excluding hydrogens is 357 g/mol. The van der Waals surface area contributed by atoms with E-state index in [9.17, 15) is 17.6 Å². The predicted octanol–water partition coefficient (Wildman–Crippen LogP) is 3.06. The summed E-state index contributed by atoms with van der Waals surface area (Å²) in [6, 6.07) is 2.71. The fourth-order valence-corrected chi connectivity index (χ4v) is 4.62. The van der Waals surface area contributed by atoms with Crippen molar-refractivity contribution in [1.29, 1.82) is 0 Å². The topological polar surface area (TPSA) is 72.5 Å². The van der Waals surface area contributed by atoms with Gasteiger partial charge in [0.15, 0.2) is 11.6 Å². The molecule has 8 heteroatoms. The summed E-state index contributed by atoms with van der Waals surface area (Å²) >= 11 is 5.79. The van der Waals surface area contributed by atoms with Gasteiger partial charge in [-0.25, -0.2) is 17.5 Å². The first-order valence-electron chi connectivity index (χ1n) is 7.83. The second-order valence-corrected chi connectivity index (χ2v) is 8.37. The summed E-state index contributed by atoms with van der Waals surface area (Å²) in [6.07, 6.45) is 3.94. The summed E-state index contributed by atoms with van der Waals surface area (Å²) in [5.74, 6) is -1.51. The molecule has 1 aromatic carbocycles. The van der Waals surface area contributed by atoms with Crippen LogP contribution < -0.4 is 4.72 Å². The molecule has 0 heterocycles. The Morgan fingerprint density at radius 2 is 2.00 bits per heavy atom. The number of benzene rings is 1. The molecule has 1 saturated carbocycles. The van der Waals surface area contributed by atoms with Gasteiger partial charge in [-0.15, -0.1) is 0 Å². The summed E-state index contributed by atoms with van der Waals surface area (Å²) in [5, 5.41) is -0.671. The molecule has 0 atom stereocenters. The third-order valence-electron chi connectivity index (χ3n) is 4.12. The van der Waals surface area contributed by atoms with Gasteiger partial charge in [-0.3, -0.25) is 4.79 Å². The maximum atomic E-state index is 14.1. The predicted molar refractivity (Wildman–Crippen MR) is 90.2 cm³/mol. The highest BCUT2D eigenvalue weighted by Crippen LogP contribution is 2.24.